The summed E-state index contributed by atoms with van der Waals surface area (Å²) in [5.74, 6) is -1.23. The Bertz CT molecular complexity index is 1700. The lowest BCUT2D eigenvalue weighted by Gasteiger charge is -2.15. The molecule has 40 heavy (non-hydrogen) atoms. The number of carbonyl (C=O) groups excluding carboxylic acids is 1. The molecule has 1 aliphatic heterocycles. The van der Waals surface area contributed by atoms with Gasteiger partial charge in [-0.05, 0) is 37.6 Å². The number of fused-ring (bicyclic) bond motifs is 1. The van der Waals surface area contributed by atoms with Gasteiger partial charge in [0.25, 0.3) is 5.91 Å². The largest absolute Gasteiger partial charge is 0.416 e. The monoisotopic (exact) mass is 582 g/mol. The van der Waals surface area contributed by atoms with Gasteiger partial charge < -0.3 is 5.32 Å². The summed E-state index contributed by atoms with van der Waals surface area (Å²) in [5.41, 5.74) is -2.64. The molecular formula is C26H20F6N4O3S. The van der Waals surface area contributed by atoms with Crippen LogP contribution in [0.15, 0.2) is 54.6 Å². The molecular weight excluding hydrogens is 562 g/mol. The van der Waals surface area contributed by atoms with Crippen molar-refractivity contribution in [2.75, 3.05) is 16.8 Å². The van der Waals surface area contributed by atoms with E-state index < -0.39 is 51.0 Å². The van der Waals surface area contributed by atoms with Crippen molar-refractivity contribution in [2.24, 2.45) is 0 Å². The van der Waals surface area contributed by atoms with Crippen LogP contribution >= 0.6 is 0 Å². The third-order valence-corrected chi connectivity index (χ3v) is 8.30. The first-order valence-corrected chi connectivity index (χ1v) is 13.7. The Morgan fingerprint density at radius 2 is 1.60 bits per heavy atom. The van der Waals surface area contributed by atoms with Crippen LogP contribution in [0.2, 0.25) is 0 Å². The first-order chi connectivity index (χ1) is 18.6. The number of halogens is 6. The van der Waals surface area contributed by atoms with Crippen LogP contribution in [0.5, 0.6) is 0 Å². The summed E-state index contributed by atoms with van der Waals surface area (Å²) in [6.45, 7) is 1.55. The first kappa shape index (κ1) is 27.6. The van der Waals surface area contributed by atoms with E-state index in [1.807, 2.05) is 0 Å². The summed E-state index contributed by atoms with van der Waals surface area (Å²) in [7, 11) is -3.32. The van der Waals surface area contributed by atoms with Crippen molar-refractivity contribution in [2.45, 2.75) is 31.7 Å². The number of hydrogen-bond donors (Lipinski definition) is 1. The minimum atomic E-state index is -5.09. The van der Waals surface area contributed by atoms with Gasteiger partial charge in [-0.15, -0.1) is 0 Å². The Morgan fingerprint density at radius 3 is 2.15 bits per heavy atom. The van der Waals surface area contributed by atoms with E-state index in [9.17, 15) is 39.6 Å². The highest BCUT2D eigenvalue weighted by atomic mass is 32.2. The molecule has 1 N–H and O–H groups in total. The van der Waals surface area contributed by atoms with Crippen LogP contribution < -0.4 is 5.32 Å². The van der Waals surface area contributed by atoms with Crippen LogP contribution in [0, 0.1) is 6.92 Å². The summed E-state index contributed by atoms with van der Waals surface area (Å²) in [6.07, 6.45) is -9.92. The number of rotatable bonds is 4. The Labute approximate surface area is 223 Å². The maximum Gasteiger partial charge on any atom is 0.416 e. The van der Waals surface area contributed by atoms with E-state index in [-0.39, 0.29) is 52.0 Å². The average molecular weight is 583 g/mol. The fourth-order valence-electron chi connectivity index (χ4n) is 4.70. The van der Waals surface area contributed by atoms with E-state index in [1.54, 1.807) is 37.3 Å². The van der Waals surface area contributed by atoms with Crippen LogP contribution in [-0.4, -0.2) is 40.6 Å². The zero-order chi connectivity index (χ0) is 29.0. The molecule has 2 aromatic heterocycles. The van der Waals surface area contributed by atoms with Gasteiger partial charge in [-0.25, -0.2) is 18.1 Å². The van der Waals surface area contributed by atoms with E-state index in [1.165, 1.54) is 10.7 Å². The molecule has 4 aromatic rings. The summed E-state index contributed by atoms with van der Waals surface area (Å²) in [5, 5.41) is 6.80. The molecule has 0 bridgehead atoms. The van der Waals surface area contributed by atoms with Crippen LogP contribution in [0.25, 0.3) is 22.3 Å². The molecule has 210 valence electrons. The quantitative estimate of drug-likeness (QED) is 0.296. The van der Waals surface area contributed by atoms with Crippen molar-refractivity contribution in [3.05, 3.63) is 77.0 Å². The number of aryl methyl sites for hydroxylation is 1. The number of amides is 1. The third-order valence-electron chi connectivity index (χ3n) is 6.55. The number of nitrogens with one attached hydrogen (secondary N) is 1. The number of pyridine rings is 1. The summed E-state index contributed by atoms with van der Waals surface area (Å²) >= 11 is 0. The van der Waals surface area contributed by atoms with E-state index >= 15 is 0 Å². The van der Waals surface area contributed by atoms with Crippen molar-refractivity contribution in [3.8, 4) is 11.3 Å². The molecule has 1 saturated heterocycles. The molecule has 2 aromatic carbocycles. The van der Waals surface area contributed by atoms with Crippen LogP contribution in [0.1, 0.15) is 39.6 Å². The molecule has 5 rings (SSSR count). The normalized spacial score (nSPS) is 17.3. The highest BCUT2D eigenvalue weighted by molar-refractivity contribution is 7.91. The van der Waals surface area contributed by atoms with Crippen LogP contribution in [0.3, 0.4) is 0 Å². The van der Waals surface area contributed by atoms with E-state index in [2.05, 4.69) is 15.4 Å². The van der Waals surface area contributed by atoms with E-state index in [0.717, 1.165) is 0 Å². The number of hydrogen-bond acceptors (Lipinski definition) is 5. The molecule has 1 fully saturated rings. The number of nitrogens with zero attached hydrogens (tertiary/aromatic N) is 3. The molecule has 1 atom stereocenters. The van der Waals surface area contributed by atoms with Crippen LogP contribution in [0.4, 0.5) is 32.0 Å². The molecule has 0 aliphatic carbocycles. The molecule has 0 radical (unpaired) electrons. The van der Waals surface area contributed by atoms with Crippen molar-refractivity contribution >= 4 is 32.5 Å². The maximum atomic E-state index is 13.5. The Hall–Kier alpha value is -3.94. The molecule has 0 saturated carbocycles. The fraction of sp³-hybridized carbons (Fsp3) is 0.269. The fourth-order valence-corrected chi connectivity index (χ4v) is 6.39. The first-order valence-electron chi connectivity index (χ1n) is 11.9. The van der Waals surface area contributed by atoms with Gasteiger partial charge >= 0.3 is 12.4 Å². The summed E-state index contributed by atoms with van der Waals surface area (Å²) in [4.78, 5) is 18.1. The topological polar surface area (TPSA) is 93.9 Å². The molecule has 3 heterocycles. The summed E-state index contributed by atoms with van der Waals surface area (Å²) < 4.78 is 106. The average Bonchev–Trinajstić information content (AvgIpc) is 3.41. The Kier molecular flexibility index (Phi) is 6.63. The number of aromatic nitrogens is 3. The molecule has 1 unspecified atom stereocenters. The zero-order valence-corrected chi connectivity index (χ0v) is 21.5. The van der Waals surface area contributed by atoms with Crippen molar-refractivity contribution in [1.29, 1.82) is 0 Å². The van der Waals surface area contributed by atoms with Crippen molar-refractivity contribution < 1.29 is 39.6 Å². The number of anilines is 1. The van der Waals surface area contributed by atoms with Gasteiger partial charge in [-0.1, -0.05) is 30.3 Å². The lowest BCUT2D eigenvalue weighted by molar-refractivity contribution is -0.143. The highest BCUT2D eigenvalue weighted by Gasteiger charge is 2.37. The lowest BCUT2D eigenvalue weighted by Crippen LogP contribution is -2.17. The number of benzene rings is 2. The molecule has 1 aliphatic rings. The highest BCUT2D eigenvalue weighted by Crippen LogP contribution is 2.38. The molecule has 7 nitrogen and oxygen atoms in total. The number of alkyl halides is 6. The van der Waals surface area contributed by atoms with Crippen molar-refractivity contribution in [1.82, 2.24) is 14.8 Å². The minimum Gasteiger partial charge on any atom is -0.322 e. The Morgan fingerprint density at radius 1 is 0.975 bits per heavy atom. The lowest BCUT2D eigenvalue weighted by atomic mass is 10.0. The van der Waals surface area contributed by atoms with Gasteiger partial charge in [-0.3, -0.25) is 4.79 Å². The number of carbonyl (C=O) groups is 1. The van der Waals surface area contributed by atoms with Gasteiger partial charge in [0.15, 0.2) is 15.5 Å². The van der Waals surface area contributed by atoms with Gasteiger partial charge in [0.05, 0.1) is 51.0 Å². The summed E-state index contributed by atoms with van der Waals surface area (Å²) in [6, 6.07) is 10.2. The standard InChI is InChI=1S/C26H20F6N4O3S/c1-14-22-20(24(37)33-18-10-16(25(27,28)29)9-17(11-18)26(30,31)32)12-21(15-5-3-2-4-6-15)34-23(22)36(35-14)19-7-8-40(38,39)13-19/h2-6,9-12,19H,7-8,13H2,1H3,(H,33,37). The molecule has 1 amide bonds. The third kappa shape index (κ3) is 5.40. The predicted molar refractivity (Wildman–Crippen MR) is 134 cm³/mol. The minimum absolute atomic E-state index is 0.0301. The maximum absolute atomic E-state index is 13.5. The Balaban J connectivity index is 1.66. The molecule has 14 heteroatoms. The second kappa shape index (κ2) is 9.61. The SMILES string of the molecule is Cc1nn(C2CCS(=O)(=O)C2)c2nc(-c3ccccc3)cc(C(=O)Nc3cc(C(F)(F)F)cc(C(F)(F)F)c3)c12. The second-order valence-electron chi connectivity index (χ2n) is 9.46. The zero-order valence-electron chi connectivity index (χ0n) is 20.6. The molecule has 0 spiro atoms. The number of sulfone groups is 1. The smallest absolute Gasteiger partial charge is 0.322 e. The van der Waals surface area contributed by atoms with Gasteiger partial charge in [0.1, 0.15) is 0 Å². The van der Waals surface area contributed by atoms with E-state index in [0.29, 0.717) is 17.7 Å². The van der Waals surface area contributed by atoms with Gasteiger partial charge in [0.2, 0.25) is 0 Å². The van der Waals surface area contributed by atoms with Crippen LogP contribution in [-0.2, 0) is 22.2 Å². The predicted octanol–water partition coefficient (Wildman–Crippen LogP) is 6.06. The van der Waals surface area contributed by atoms with Gasteiger partial charge in [0, 0.05) is 11.3 Å². The van der Waals surface area contributed by atoms with E-state index in [4.69, 9.17) is 0 Å². The van der Waals surface area contributed by atoms with Gasteiger partial charge in [-0.2, -0.15) is 31.4 Å². The van der Waals surface area contributed by atoms with Crippen molar-refractivity contribution in [3.63, 3.8) is 0 Å². The second-order valence-corrected chi connectivity index (χ2v) is 11.7.